The van der Waals surface area contributed by atoms with Crippen molar-refractivity contribution in [2.24, 2.45) is 0 Å². The monoisotopic (exact) mass is 336 g/mol. The van der Waals surface area contributed by atoms with Crippen LogP contribution in [-0.2, 0) is 4.74 Å². The van der Waals surface area contributed by atoms with Crippen molar-refractivity contribution in [2.45, 2.75) is 6.10 Å². The van der Waals surface area contributed by atoms with Crippen molar-refractivity contribution >= 4 is 23.4 Å². The Bertz CT molecular complexity index is 701. The van der Waals surface area contributed by atoms with Crippen LogP contribution in [0.25, 0.3) is 0 Å². The van der Waals surface area contributed by atoms with Gasteiger partial charge in [0.05, 0.1) is 13.2 Å². The van der Waals surface area contributed by atoms with Crippen LogP contribution in [0.2, 0.25) is 5.02 Å². The molecule has 2 amide bonds. The van der Waals surface area contributed by atoms with Crippen molar-refractivity contribution in [2.75, 3.05) is 25.0 Å². The molecule has 23 heavy (non-hydrogen) atoms. The molecule has 120 valence electrons. The number of aromatic nitrogens is 2. The van der Waals surface area contributed by atoms with E-state index in [1.54, 1.807) is 23.1 Å². The average molecular weight is 337 g/mol. The van der Waals surface area contributed by atoms with Gasteiger partial charge >= 0.3 is 6.03 Å². The van der Waals surface area contributed by atoms with Gasteiger partial charge in [0.1, 0.15) is 11.9 Å². The standard InChI is InChI=1S/C15H14ClFN4O2/c16-12-8-10(17)3-4-11(12)13-9-21(6-7-23-13)15(22)19-14-2-1-5-18-20-14/h1-5,8,13H,6-7,9H2,(H,19,20,22). The Morgan fingerprint density at radius 2 is 2.30 bits per heavy atom. The number of ether oxygens (including phenoxy) is 1. The third kappa shape index (κ3) is 3.75. The molecule has 1 N–H and O–H groups in total. The number of anilines is 1. The van der Waals surface area contributed by atoms with E-state index in [4.69, 9.17) is 16.3 Å². The molecule has 1 aliphatic heterocycles. The number of hydrogen-bond donors (Lipinski definition) is 1. The van der Waals surface area contributed by atoms with E-state index in [9.17, 15) is 9.18 Å². The number of urea groups is 1. The lowest BCUT2D eigenvalue weighted by Crippen LogP contribution is -2.44. The summed E-state index contributed by atoms with van der Waals surface area (Å²) in [5, 5.41) is 10.5. The number of nitrogens with zero attached hydrogens (tertiary/aromatic N) is 3. The van der Waals surface area contributed by atoms with Gasteiger partial charge in [-0.3, -0.25) is 5.32 Å². The van der Waals surface area contributed by atoms with Crippen LogP contribution in [0.3, 0.4) is 0 Å². The first kappa shape index (κ1) is 15.6. The molecule has 0 radical (unpaired) electrons. The summed E-state index contributed by atoms with van der Waals surface area (Å²) in [5.41, 5.74) is 0.657. The fourth-order valence-corrected chi connectivity index (χ4v) is 2.63. The van der Waals surface area contributed by atoms with Gasteiger partial charge < -0.3 is 9.64 Å². The molecule has 1 aromatic heterocycles. The number of rotatable bonds is 2. The highest BCUT2D eigenvalue weighted by atomic mass is 35.5. The highest BCUT2D eigenvalue weighted by molar-refractivity contribution is 6.31. The second-order valence-corrected chi connectivity index (χ2v) is 5.42. The molecule has 1 unspecified atom stereocenters. The number of hydrogen-bond acceptors (Lipinski definition) is 4. The molecular formula is C15H14ClFN4O2. The molecule has 2 aromatic rings. The molecule has 0 bridgehead atoms. The third-order valence-electron chi connectivity index (χ3n) is 3.47. The molecule has 0 aliphatic carbocycles. The topological polar surface area (TPSA) is 67.4 Å². The van der Waals surface area contributed by atoms with Crippen molar-refractivity contribution < 1.29 is 13.9 Å². The lowest BCUT2D eigenvalue weighted by molar-refractivity contribution is -0.0134. The maximum absolute atomic E-state index is 13.1. The Balaban J connectivity index is 1.69. The fourth-order valence-electron chi connectivity index (χ4n) is 2.34. The molecule has 0 spiro atoms. The predicted octanol–water partition coefficient (Wildman–Crippen LogP) is 2.87. The van der Waals surface area contributed by atoms with E-state index in [-0.39, 0.29) is 11.1 Å². The second kappa shape index (κ2) is 6.89. The molecular weight excluding hydrogens is 323 g/mol. The van der Waals surface area contributed by atoms with Crippen LogP contribution in [0, 0.1) is 5.82 Å². The maximum atomic E-state index is 13.1. The number of morpholine rings is 1. The number of carbonyl (C=O) groups excluding carboxylic acids is 1. The van der Waals surface area contributed by atoms with Gasteiger partial charge in [0, 0.05) is 23.3 Å². The van der Waals surface area contributed by atoms with Gasteiger partial charge in [-0.05, 0) is 24.3 Å². The van der Waals surface area contributed by atoms with Crippen LogP contribution >= 0.6 is 11.6 Å². The van der Waals surface area contributed by atoms with Gasteiger partial charge in [-0.25, -0.2) is 9.18 Å². The molecule has 1 aliphatic rings. The number of halogens is 2. The van der Waals surface area contributed by atoms with E-state index in [1.807, 2.05) is 0 Å². The maximum Gasteiger partial charge on any atom is 0.323 e. The highest BCUT2D eigenvalue weighted by Crippen LogP contribution is 2.29. The summed E-state index contributed by atoms with van der Waals surface area (Å²) in [6.45, 7) is 1.13. The normalized spacial score (nSPS) is 17.8. The Morgan fingerprint density at radius 1 is 1.43 bits per heavy atom. The minimum Gasteiger partial charge on any atom is -0.370 e. The minimum atomic E-state index is -0.410. The summed E-state index contributed by atoms with van der Waals surface area (Å²) in [4.78, 5) is 13.9. The number of amides is 2. The summed E-state index contributed by atoms with van der Waals surface area (Å²) in [6.07, 6.45) is 1.13. The fraction of sp³-hybridized carbons (Fsp3) is 0.267. The van der Waals surface area contributed by atoms with E-state index in [2.05, 4.69) is 15.5 Å². The van der Waals surface area contributed by atoms with Crippen LogP contribution < -0.4 is 5.32 Å². The van der Waals surface area contributed by atoms with Crippen molar-refractivity contribution in [1.82, 2.24) is 15.1 Å². The van der Waals surface area contributed by atoms with Crippen LogP contribution in [0.1, 0.15) is 11.7 Å². The smallest absolute Gasteiger partial charge is 0.323 e. The summed E-state index contributed by atoms with van der Waals surface area (Å²) in [7, 11) is 0. The average Bonchev–Trinajstić information content (AvgIpc) is 2.56. The van der Waals surface area contributed by atoms with Crippen molar-refractivity contribution in [3.05, 3.63) is 52.9 Å². The molecule has 2 heterocycles. The first-order chi connectivity index (χ1) is 11.1. The van der Waals surface area contributed by atoms with Gasteiger partial charge in [-0.2, -0.15) is 5.10 Å². The van der Waals surface area contributed by atoms with Crippen LogP contribution in [-0.4, -0.2) is 40.8 Å². The van der Waals surface area contributed by atoms with E-state index in [1.165, 1.54) is 18.3 Å². The predicted molar refractivity (Wildman–Crippen MR) is 82.7 cm³/mol. The van der Waals surface area contributed by atoms with Gasteiger partial charge in [-0.15, -0.1) is 5.10 Å². The van der Waals surface area contributed by atoms with E-state index >= 15 is 0 Å². The van der Waals surface area contributed by atoms with Gasteiger partial charge in [0.15, 0.2) is 5.82 Å². The Labute approximate surface area is 137 Å². The lowest BCUT2D eigenvalue weighted by atomic mass is 10.1. The van der Waals surface area contributed by atoms with Gasteiger partial charge in [0.25, 0.3) is 0 Å². The van der Waals surface area contributed by atoms with Crippen molar-refractivity contribution in [1.29, 1.82) is 0 Å². The lowest BCUT2D eigenvalue weighted by Gasteiger charge is -2.33. The van der Waals surface area contributed by atoms with Crippen LogP contribution in [0.5, 0.6) is 0 Å². The first-order valence-corrected chi connectivity index (χ1v) is 7.41. The Morgan fingerprint density at radius 3 is 3.04 bits per heavy atom. The summed E-state index contributed by atoms with van der Waals surface area (Å²) in [6, 6.07) is 7.17. The molecule has 3 rings (SSSR count). The van der Waals surface area contributed by atoms with Crippen molar-refractivity contribution in [3.63, 3.8) is 0 Å². The second-order valence-electron chi connectivity index (χ2n) is 5.01. The number of nitrogens with one attached hydrogen (secondary N) is 1. The van der Waals surface area contributed by atoms with Crippen molar-refractivity contribution in [3.8, 4) is 0 Å². The molecule has 1 aromatic carbocycles. The summed E-state index contributed by atoms with van der Waals surface area (Å²) < 4.78 is 18.8. The SMILES string of the molecule is O=C(Nc1cccnn1)N1CCOC(c2ccc(F)cc2Cl)C1. The van der Waals surface area contributed by atoms with Crippen LogP contribution in [0.15, 0.2) is 36.5 Å². The molecule has 1 atom stereocenters. The molecule has 6 nitrogen and oxygen atoms in total. The van der Waals surface area contributed by atoms with Gasteiger partial charge in [-0.1, -0.05) is 17.7 Å². The zero-order chi connectivity index (χ0) is 16.2. The van der Waals surface area contributed by atoms with E-state index in [0.717, 1.165) is 0 Å². The number of benzene rings is 1. The minimum absolute atomic E-state index is 0.284. The zero-order valence-electron chi connectivity index (χ0n) is 12.1. The molecule has 0 saturated carbocycles. The number of carbonyl (C=O) groups is 1. The molecule has 1 fully saturated rings. The Kier molecular flexibility index (Phi) is 4.68. The van der Waals surface area contributed by atoms with E-state index in [0.29, 0.717) is 31.1 Å². The van der Waals surface area contributed by atoms with Gasteiger partial charge in [0.2, 0.25) is 0 Å². The highest BCUT2D eigenvalue weighted by Gasteiger charge is 2.27. The molecule has 8 heteroatoms. The van der Waals surface area contributed by atoms with Crippen LogP contribution in [0.4, 0.5) is 15.0 Å². The van der Waals surface area contributed by atoms with E-state index < -0.39 is 11.9 Å². The third-order valence-corrected chi connectivity index (χ3v) is 3.80. The first-order valence-electron chi connectivity index (χ1n) is 7.03. The summed E-state index contributed by atoms with van der Waals surface area (Å²) in [5.74, 6) is -0.0350. The molecule has 1 saturated heterocycles. The zero-order valence-corrected chi connectivity index (χ0v) is 12.8. The quantitative estimate of drug-likeness (QED) is 0.915. The Hall–Kier alpha value is -2.25. The largest absolute Gasteiger partial charge is 0.370 e. The summed E-state index contributed by atoms with van der Waals surface area (Å²) >= 11 is 6.06.